The van der Waals surface area contributed by atoms with E-state index in [1.54, 1.807) is 25.3 Å². The summed E-state index contributed by atoms with van der Waals surface area (Å²) in [7, 11) is 0. The van der Waals surface area contributed by atoms with Crippen molar-refractivity contribution in [2.45, 2.75) is 12.8 Å². The maximum atomic E-state index is 11.3. The van der Waals surface area contributed by atoms with Gasteiger partial charge >= 0.3 is 5.97 Å². The van der Waals surface area contributed by atoms with Crippen LogP contribution in [0.5, 0.6) is 0 Å². The summed E-state index contributed by atoms with van der Waals surface area (Å²) in [5.74, 6) is -1.40. The summed E-state index contributed by atoms with van der Waals surface area (Å²) >= 11 is 0. The lowest BCUT2D eigenvalue weighted by Gasteiger charge is -2.07. The van der Waals surface area contributed by atoms with Gasteiger partial charge in [0.1, 0.15) is 0 Å². The van der Waals surface area contributed by atoms with Crippen LogP contribution in [0.3, 0.4) is 0 Å². The highest BCUT2D eigenvalue weighted by Gasteiger charge is 2.21. The Balaban J connectivity index is 2.84. The summed E-state index contributed by atoms with van der Waals surface area (Å²) in [5.41, 5.74) is 0.563. The Morgan fingerprint density at radius 3 is 3.07 bits per heavy atom. The minimum atomic E-state index is -0.872. The maximum absolute atomic E-state index is 11.3. The smallest absolute Gasteiger partial charge is 0.327 e. The van der Waals surface area contributed by atoms with E-state index in [4.69, 9.17) is 10.00 Å². The molecule has 1 aromatic heterocycles. The number of ether oxygens (including phenoxy) is 1. The standard InChI is InChI=1S/C10H10N2O2/c1-2-14-10(13)9(6-11)8-4-3-5-12-7-8/h3-5,7,9H,2H2,1H3/t9-/m1/s1. The van der Waals surface area contributed by atoms with Crippen LogP contribution in [0.1, 0.15) is 18.4 Å². The van der Waals surface area contributed by atoms with Gasteiger partial charge in [-0.15, -0.1) is 0 Å². The molecule has 0 N–H and O–H groups in total. The Bertz CT molecular complexity index is 343. The number of esters is 1. The fraction of sp³-hybridized carbons (Fsp3) is 0.300. The maximum Gasteiger partial charge on any atom is 0.327 e. The topological polar surface area (TPSA) is 63.0 Å². The molecule has 0 radical (unpaired) electrons. The van der Waals surface area contributed by atoms with E-state index in [-0.39, 0.29) is 6.61 Å². The molecular formula is C10H10N2O2. The zero-order valence-corrected chi connectivity index (χ0v) is 7.80. The molecule has 0 fully saturated rings. The minimum absolute atomic E-state index is 0.275. The van der Waals surface area contributed by atoms with E-state index in [1.807, 2.05) is 6.07 Å². The van der Waals surface area contributed by atoms with E-state index in [0.29, 0.717) is 5.56 Å². The van der Waals surface area contributed by atoms with Gasteiger partial charge in [-0.1, -0.05) is 6.07 Å². The third-order valence-corrected chi connectivity index (χ3v) is 1.67. The van der Waals surface area contributed by atoms with Gasteiger partial charge in [-0.25, -0.2) is 0 Å². The van der Waals surface area contributed by atoms with Crippen LogP contribution in [0.25, 0.3) is 0 Å². The lowest BCUT2D eigenvalue weighted by molar-refractivity contribution is -0.143. The molecule has 72 valence electrons. The minimum Gasteiger partial charge on any atom is -0.465 e. The van der Waals surface area contributed by atoms with Crippen molar-refractivity contribution in [3.8, 4) is 6.07 Å². The monoisotopic (exact) mass is 190 g/mol. The van der Waals surface area contributed by atoms with Crippen LogP contribution in [0.15, 0.2) is 24.5 Å². The van der Waals surface area contributed by atoms with Gasteiger partial charge in [-0.3, -0.25) is 9.78 Å². The molecule has 1 atom stereocenters. The van der Waals surface area contributed by atoms with E-state index in [9.17, 15) is 4.79 Å². The van der Waals surface area contributed by atoms with Gasteiger partial charge in [0.05, 0.1) is 12.7 Å². The molecule has 4 nitrogen and oxygen atoms in total. The van der Waals surface area contributed by atoms with Crippen molar-refractivity contribution in [3.63, 3.8) is 0 Å². The average molecular weight is 190 g/mol. The summed E-state index contributed by atoms with van der Waals surface area (Å²) in [6.45, 7) is 1.98. The van der Waals surface area contributed by atoms with Gasteiger partial charge in [0.2, 0.25) is 0 Å². The van der Waals surface area contributed by atoms with Crippen molar-refractivity contribution in [1.29, 1.82) is 5.26 Å². The predicted octanol–water partition coefficient (Wildman–Crippen LogP) is 1.25. The third-order valence-electron chi connectivity index (χ3n) is 1.67. The van der Waals surface area contributed by atoms with Crippen molar-refractivity contribution < 1.29 is 9.53 Å². The quantitative estimate of drug-likeness (QED) is 0.673. The molecule has 14 heavy (non-hydrogen) atoms. The number of nitriles is 1. The number of aromatic nitrogens is 1. The van der Waals surface area contributed by atoms with Crippen LogP contribution in [-0.4, -0.2) is 17.6 Å². The first kappa shape index (κ1) is 10.2. The zero-order valence-electron chi connectivity index (χ0n) is 7.80. The molecule has 1 aromatic rings. The Labute approximate surface area is 82.1 Å². The van der Waals surface area contributed by atoms with E-state index in [0.717, 1.165) is 0 Å². The van der Waals surface area contributed by atoms with E-state index in [1.165, 1.54) is 6.20 Å². The second-order valence-corrected chi connectivity index (χ2v) is 2.60. The molecule has 0 amide bonds. The van der Waals surface area contributed by atoms with Crippen molar-refractivity contribution in [3.05, 3.63) is 30.1 Å². The first-order valence-corrected chi connectivity index (χ1v) is 4.25. The number of carbonyl (C=O) groups is 1. The highest BCUT2D eigenvalue weighted by molar-refractivity contribution is 5.81. The fourth-order valence-electron chi connectivity index (χ4n) is 1.04. The van der Waals surface area contributed by atoms with Gasteiger partial charge in [-0.05, 0) is 18.6 Å². The lowest BCUT2D eigenvalue weighted by Crippen LogP contribution is -2.14. The van der Waals surface area contributed by atoms with Crippen LogP contribution in [0, 0.1) is 11.3 Å². The number of carbonyl (C=O) groups excluding carboxylic acids is 1. The molecule has 0 aliphatic rings. The van der Waals surface area contributed by atoms with Crippen LogP contribution in [0.4, 0.5) is 0 Å². The summed E-state index contributed by atoms with van der Waals surface area (Å²) in [6.07, 6.45) is 3.08. The van der Waals surface area contributed by atoms with Crippen molar-refractivity contribution in [1.82, 2.24) is 4.98 Å². The molecule has 0 aliphatic heterocycles. The van der Waals surface area contributed by atoms with Gasteiger partial charge < -0.3 is 4.74 Å². The lowest BCUT2D eigenvalue weighted by atomic mass is 10.0. The fourth-order valence-corrected chi connectivity index (χ4v) is 1.04. The van der Waals surface area contributed by atoms with E-state index >= 15 is 0 Å². The summed E-state index contributed by atoms with van der Waals surface area (Å²) in [4.78, 5) is 15.1. The molecule has 0 unspecified atom stereocenters. The van der Waals surface area contributed by atoms with Gasteiger partial charge in [0.15, 0.2) is 5.92 Å². The first-order chi connectivity index (χ1) is 6.79. The molecule has 1 heterocycles. The normalized spacial score (nSPS) is 11.4. The first-order valence-electron chi connectivity index (χ1n) is 4.25. The predicted molar refractivity (Wildman–Crippen MR) is 49.2 cm³/mol. The SMILES string of the molecule is CCOC(=O)[C@H](C#N)c1cccnc1. The summed E-state index contributed by atoms with van der Waals surface area (Å²) in [6, 6.07) is 5.25. The van der Waals surface area contributed by atoms with Crippen LogP contribution >= 0.6 is 0 Å². The Hall–Kier alpha value is -1.89. The number of hydrogen-bond donors (Lipinski definition) is 0. The van der Waals surface area contributed by atoms with Gasteiger partial charge in [0, 0.05) is 12.4 Å². The second-order valence-electron chi connectivity index (χ2n) is 2.60. The highest BCUT2D eigenvalue weighted by Crippen LogP contribution is 2.14. The van der Waals surface area contributed by atoms with E-state index < -0.39 is 11.9 Å². The molecule has 0 bridgehead atoms. The summed E-state index contributed by atoms with van der Waals surface area (Å²) < 4.78 is 4.76. The molecule has 1 rings (SSSR count). The van der Waals surface area contributed by atoms with E-state index in [2.05, 4.69) is 4.98 Å². The van der Waals surface area contributed by atoms with Gasteiger partial charge in [0.25, 0.3) is 0 Å². The Kier molecular flexibility index (Phi) is 3.62. The molecule has 4 heteroatoms. The van der Waals surface area contributed by atoms with Crippen molar-refractivity contribution in [2.24, 2.45) is 0 Å². The van der Waals surface area contributed by atoms with Crippen LogP contribution < -0.4 is 0 Å². The molecular weight excluding hydrogens is 180 g/mol. The van der Waals surface area contributed by atoms with Crippen molar-refractivity contribution >= 4 is 5.97 Å². The number of hydrogen-bond acceptors (Lipinski definition) is 4. The van der Waals surface area contributed by atoms with Crippen molar-refractivity contribution in [2.75, 3.05) is 6.61 Å². The average Bonchev–Trinajstić information content (AvgIpc) is 2.21. The Morgan fingerprint density at radius 2 is 2.57 bits per heavy atom. The second kappa shape index (κ2) is 4.97. The molecule has 0 saturated carbocycles. The molecule has 0 spiro atoms. The Morgan fingerprint density at radius 1 is 1.79 bits per heavy atom. The molecule has 0 aliphatic carbocycles. The van der Waals surface area contributed by atoms with Crippen LogP contribution in [-0.2, 0) is 9.53 Å². The van der Waals surface area contributed by atoms with Crippen LogP contribution in [0.2, 0.25) is 0 Å². The highest BCUT2D eigenvalue weighted by atomic mass is 16.5. The number of pyridine rings is 1. The van der Waals surface area contributed by atoms with Gasteiger partial charge in [-0.2, -0.15) is 5.26 Å². The largest absolute Gasteiger partial charge is 0.465 e. The summed E-state index contributed by atoms with van der Waals surface area (Å²) in [5, 5.41) is 8.80. The third kappa shape index (κ3) is 2.30. The zero-order chi connectivity index (χ0) is 10.4. The number of nitrogens with zero attached hydrogens (tertiary/aromatic N) is 2. The number of rotatable bonds is 3. The molecule has 0 aromatic carbocycles. The molecule has 0 saturated heterocycles.